The standard InChI is InChI=1S/C49H98NO9P/c1-3-5-7-9-11-13-15-17-19-20-21-22-23-24-25-26-28-30-32-34-36-38-40-42-56-43-46(44-57-60(54,55)58-45-47(50)49(52)53)59-48(51)41-39-37-35-33-31-29-27-18-16-14-12-10-8-6-4-2/h46-47H,3-45,50H2,1-2H3,(H,52,53)(H,54,55). The number of carboxylic acids is 1. The summed E-state index contributed by atoms with van der Waals surface area (Å²) in [6, 6.07) is -1.47. The van der Waals surface area contributed by atoms with Gasteiger partial charge in [-0.2, -0.15) is 0 Å². The van der Waals surface area contributed by atoms with E-state index in [1.54, 1.807) is 0 Å². The molecule has 0 bridgehead atoms. The summed E-state index contributed by atoms with van der Waals surface area (Å²) in [7, 11) is -4.61. The van der Waals surface area contributed by atoms with Crippen LogP contribution in [-0.4, -0.2) is 60.5 Å². The van der Waals surface area contributed by atoms with Crippen molar-refractivity contribution in [3.8, 4) is 0 Å². The third kappa shape index (κ3) is 45.0. The van der Waals surface area contributed by atoms with Gasteiger partial charge in [-0.05, 0) is 12.8 Å². The fourth-order valence-corrected chi connectivity index (χ4v) is 8.44. The first-order valence-electron chi connectivity index (χ1n) is 25.6. The quantitative estimate of drug-likeness (QED) is 0.0306. The monoisotopic (exact) mass is 876 g/mol. The van der Waals surface area contributed by atoms with Crippen LogP contribution in [0.15, 0.2) is 0 Å². The van der Waals surface area contributed by atoms with E-state index in [0.717, 1.165) is 38.5 Å². The SMILES string of the molecule is CCCCCCCCCCCCCCCCCCCCCCCCCOCC(COP(=O)(O)OCC(N)C(=O)O)OC(=O)CCCCCCCCCCCCCCCCC. The highest BCUT2D eigenvalue weighted by molar-refractivity contribution is 7.47. The lowest BCUT2D eigenvalue weighted by Crippen LogP contribution is -2.34. The lowest BCUT2D eigenvalue weighted by atomic mass is 10.0. The van der Waals surface area contributed by atoms with Crippen molar-refractivity contribution in [1.29, 1.82) is 0 Å². The minimum absolute atomic E-state index is 0.0263. The fraction of sp³-hybridized carbons (Fsp3) is 0.959. The Morgan fingerprint density at radius 3 is 1.10 bits per heavy atom. The van der Waals surface area contributed by atoms with E-state index in [0.29, 0.717) is 6.61 Å². The summed E-state index contributed by atoms with van der Waals surface area (Å²) in [5.74, 6) is -1.76. The number of hydrogen-bond acceptors (Lipinski definition) is 8. The van der Waals surface area contributed by atoms with Gasteiger partial charge >= 0.3 is 19.8 Å². The lowest BCUT2D eigenvalue weighted by molar-refractivity contribution is -0.154. The molecule has 0 radical (unpaired) electrons. The molecule has 3 unspecified atom stereocenters. The van der Waals surface area contributed by atoms with E-state index in [1.165, 1.54) is 205 Å². The van der Waals surface area contributed by atoms with E-state index >= 15 is 0 Å². The van der Waals surface area contributed by atoms with Crippen molar-refractivity contribution in [2.45, 2.75) is 276 Å². The number of nitrogens with two attached hydrogens (primary N) is 1. The Balaban J connectivity index is 4.04. The summed E-state index contributed by atoms with van der Waals surface area (Å²) in [5.41, 5.74) is 5.37. The number of aliphatic carboxylic acids is 1. The van der Waals surface area contributed by atoms with Crippen molar-refractivity contribution < 1.29 is 42.7 Å². The van der Waals surface area contributed by atoms with E-state index in [1.807, 2.05) is 0 Å². The van der Waals surface area contributed by atoms with Crippen LogP contribution < -0.4 is 5.73 Å². The van der Waals surface area contributed by atoms with Gasteiger partial charge in [-0.3, -0.25) is 18.6 Å². The molecule has 358 valence electrons. The minimum Gasteiger partial charge on any atom is -0.480 e. The van der Waals surface area contributed by atoms with Gasteiger partial charge < -0.3 is 25.2 Å². The maximum atomic E-state index is 12.7. The number of hydrogen-bond donors (Lipinski definition) is 3. The molecule has 0 saturated heterocycles. The Kier molecular flexibility index (Phi) is 45.2. The average molecular weight is 876 g/mol. The number of phosphoric acid groups is 1. The van der Waals surface area contributed by atoms with Gasteiger partial charge in [0.25, 0.3) is 0 Å². The zero-order chi connectivity index (χ0) is 44.0. The number of ether oxygens (including phenoxy) is 2. The van der Waals surface area contributed by atoms with Crippen molar-refractivity contribution in [3.63, 3.8) is 0 Å². The zero-order valence-electron chi connectivity index (χ0n) is 39.3. The van der Waals surface area contributed by atoms with Crippen LogP contribution in [0.1, 0.15) is 264 Å². The van der Waals surface area contributed by atoms with Crippen LogP contribution in [0.2, 0.25) is 0 Å². The number of unbranched alkanes of at least 4 members (excludes halogenated alkanes) is 36. The van der Waals surface area contributed by atoms with E-state index in [-0.39, 0.29) is 13.0 Å². The Bertz CT molecular complexity index is 971. The van der Waals surface area contributed by atoms with Crippen LogP contribution in [0.4, 0.5) is 0 Å². The molecule has 0 aliphatic heterocycles. The topological polar surface area (TPSA) is 155 Å². The molecule has 3 atom stereocenters. The van der Waals surface area contributed by atoms with Gasteiger partial charge in [0.15, 0.2) is 0 Å². The van der Waals surface area contributed by atoms with Crippen molar-refractivity contribution in [2.75, 3.05) is 26.4 Å². The Hall–Kier alpha value is -1.03. The van der Waals surface area contributed by atoms with Gasteiger partial charge in [0, 0.05) is 13.0 Å². The van der Waals surface area contributed by atoms with Crippen LogP contribution >= 0.6 is 7.82 Å². The van der Waals surface area contributed by atoms with Crippen LogP contribution in [-0.2, 0) is 32.7 Å². The molecule has 0 spiro atoms. The molecule has 0 aliphatic rings. The summed E-state index contributed by atoms with van der Waals surface area (Å²) < 4.78 is 33.5. The van der Waals surface area contributed by atoms with Crippen molar-refractivity contribution >= 4 is 19.8 Å². The van der Waals surface area contributed by atoms with Crippen molar-refractivity contribution in [1.82, 2.24) is 0 Å². The van der Waals surface area contributed by atoms with Gasteiger partial charge in [-0.1, -0.05) is 245 Å². The highest BCUT2D eigenvalue weighted by Crippen LogP contribution is 2.43. The van der Waals surface area contributed by atoms with Crippen LogP contribution in [0.3, 0.4) is 0 Å². The largest absolute Gasteiger partial charge is 0.480 e. The third-order valence-electron chi connectivity index (χ3n) is 11.6. The Morgan fingerprint density at radius 2 is 0.767 bits per heavy atom. The second-order valence-corrected chi connectivity index (χ2v) is 19.1. The summed E-state index contributed by atoms with van der Waals surface area (Å²) in [6.45, 7) is 3.95. The number of carboxylic acid groups (broad SMARTS) is 1. The fourth-order valence-electron chi connectivity index (χ4n) is 7.67. The highest BCUT2D eigenvalue weighted by atomic mass is 31.2. The smallest absolute Gasteiger partial charge is 0.472 e. The minimum atomic E-state index is -4.61. The molecule has 10 nitrogen and oxygen atoms in total. The van der Waals surface area contributed by atoms with E-state index in [2.05, 4.69) is 13.8 Å². The predicted molar refractivity (Wildman–Crippen MR) is 249 cm³/mol. The Morgan fingerprint density at radius 1 is 0.467 bits per heavy atom. The maximum absolute atomic E-state index is 12.7. The summed E-state index contributed by atoms with van der Waals surface area (Å²) >= 11 is 0. The highest BCUT2D eigenvalue weighted by Gasteiger charge is 2.27. The second-order valence-electron chi connectivity index (χ2n) is 17.7. The molecule has 4 N–H and O–H groups in total. The number of carbonyl (C=O) groups is 2. The molecule has 0 aromatic carbocycles. The molecule has 60 heavy (non-hydrogen) atoms. The molecule has 0 aromatic heterocycles. The molecule has 0 rings (SSSR count). The number of rotatable bonds is 50. The molecular weight excluding hydrogens is 778 g/mol. The predicted octanol–water partition coefficient (Wildman–Crippen LogP) is 14.7. The molecule has 0 aliphatic carbocycles. The summed E-state index contributed by atoms with van der Waals surface area (Å²) in [6.07, 6.45) is 48.8. The molecule has 0 fully saturated rings. The average Bonchev–Trinajstić information content (AvgIpc) is 3.23. The zero-order valence-corrected chi connectivity index (χ0v) is 40.2. The third-order valence-corrected chi connectivity index (χ3v) is 12.6. The number of phosphoric ester groups is 1. The van der Waals surface area contributed by atoms with Crippen molar-refractivity contribution in [2.24, 2.45) is 5.73 Å². The summed E-state index contributed by atoms with van der Waals surface area (Å²) in [5, 5.41) is 8.92. The van der Waals surface area contributed by atoms with Gasteiger partial charge in [-0.25, -0.2) is 4.57 Å². The van der Waals surface area contributed by atoms with E-state index < -0.39 is 45.1 Å². The molecule has 0 amide bonds. The Labute approximate surface area is 370 Å². The van der Waals surface area contributed by atoms with Crippen LogP contribution in [0.25, 0.3) is 0 Å². The van der Waals surface area contributed by atoms with E-state index in [4.69, 9.17) is 29.4 Å². The van der Waals surface area contributed by atoms with Gasteiger partial charge in [0.2, 0.25) is 0 Å². The van der Waals surface area contributed by atoms with E-state index in [9.17, 15) is 19.0 Å². The molecule has 0 aromatic rings. The van der Waals surface area contributed by atoms with Crippen LogP contribution in [0.5, 0.6) is 0 Å². The van der Waals surface area contributed by atoms with Gasteiger partial charge in [0.1, 0.15) is 12.1 Å². The lowest BCUT2D eigenvalue weighted by Gasteiger charge is -2.20. The first-order valence-corrected chi connectivity index (χ1v) is 27.1. The second kappa shape index (κ2) is 46.0. The molecule has 0 heterocycles. The van der Waals surface area contributed by atoms with Crippen LogP contribution in [0, 0.1) is 0 Å². The van der Waals surface area contributed by atoms with Gasteiger partial charge in [0.05, 0.1) is 19.8 Å². The molecule has 0 saturated carbocycles. The molecular formula is C49H98NO9P. The van der Waals surface area contributed by atoms with Crippen molar-refractivity contribution in [3.05, 3.63) is 0 Å². The normalized spacial score (nSPS) is 13.7. The van der Waals surface area contributed by atoms with Gasteiger partial charge in [-0.15, -0.1) is 0 Å². The number of esters is 1. The first-order chi connectivity index (χ1) is 29.2. The first kappa shape index (κ1) is 59.0. The maximum Gasteiger partial charge on any atom is 0.472 e. The molecule has 11 heteroatoms. The summed E-state index contributed by atoms with van der Waals surface area (Å²) in [4.78, 5) is 33.6. The number of carbonyl (C=O) groups excluding carboxylic acids is 1.